The lowest BCUT2D eigenvalue weighted by Gasteiger charge is -2.16. The van der Waals surface area contributed by atoms with Crippen LogP contribution >= 0.6 is 0 Å². The summed E-state index contributed by atoms with van der Waals surface area (Å²) in [5.41, 5.74) is 0.836. The Balaban J connectivity index is 2.31. The molecule has 0 amide bonds. The van der Waals surface area contributed by atoms with Crippen LogP contribution in [0.25, 0.3) is 0 Å². The van der Waals surface area contributed by atoms with Crippen LogP contribution in [0.1, 0.15) is 21.9 Å². The second kappa shape index (κ2) is 5.71. The van der Waals surface area contributed by atoms with Crippen LogP contribution in [0, 0.1) is 6.92 Å². The van der Waals surface area contributed by atoms with E-state index in [1.807, 2.05) is 30.3 Å². The van der Waals surface area contributed by atoms with Crippen LogP contribution in [-0.4, -0.2) is 30.8 Å². The molecule has 2 aromatic rings. The summed E-state index contributed by atoms with van der Waals surface area (Å²) < 4.78 is 31.0. The molecule has 0 saturated heterocycles. The van der Waals surface area contributed by atoms with Gasteiger partial charge in [0.2, 0.25) is 15.8 Å². The van der Waals surface area contributed by atoms with Crippen molar-refractivity contribution in [3.8, 4) is 0 Å². The van der Waals surface area contributed by atoms with Crippen molar-refractivity contribution >= 4 is 16.0 Å². The summed E-state index contributed by atoms with van der Waals surface area (Å²) in [4.78, 5) is 10.7. The number of nitrogens with zero attached hydrogens (tertiary/aromatic N) is 1. The molecular weight excluding hydrogens is 294 g/mol. The van der Waals surface area contributed by atoms with E-state index in [1.165, 1.54) is 14.0 Å². The minimum atomic E-state index is -3.80. The number of carboxylic acids is 1. The topological polar surface area (TPSA) is 87.8 Å². The Labute approximate surface area is 122 Å². The predicted molar refractivity (Wildman–Crippen MR) is 75.5 cm³/mol. The normalized spacial score (nSPS) is 11.8. The molecule has 0 aliphatic heterocycles. The Morgan fingerprint density at radius 3 is 2.43 bits per heavy atom. The van der Waals surface area contributed by atoms with Gasteiger partial charge in [0.25, 0.3) is 0 Å². The molecule has 2 rings (SSSR count). The third-order valence-electron chi connectivity index (χ3n) is 3.02. The van der Waals surface area contributed by atoms with Crippen LogP contribution in [0.15, 0.2) is 45.7 Å². The van der Waals surface area contributed by atoms with Crippen molar-refractivity contribution in [3.63, 3.8) is 0 Å². The fourth-order valence-electron chi connectivity index (χ4n) is 1.92. The number of hydrogen-bond acceptors (Lipinski definition) is 4. The molecule has 0 atom stereocenters. The van der Waals surface area contributed by atoms with Crippen LogP contribution in [0.3, 0.4) is 0 Å². The first-order chi connectivity index (χ1) is 9.82. The molecular formula is C14H15NO5S. The van der Waals surface area contributed by atoms with Crippen molar-refractivity contribution in [2.75, 3.05) is 7.05 Å². The quantitative estimate of drug-likeness (QED) is 0.914. The van der Waals surface area contributed by atoms with Gasteiger partial charge in [0, 0.05) is 19.7 Å². The van der Waals surface area contributed by atoms with E-state index in [1.54, 1.807) is 0 Å². The van der Waals surface area contributed by atoms with Gasteiger partial charge in [-0.2, -0.15) is 4.31 Å². The average Bonchev–Trinajstić information content (AvgIpc) is 2.83. The molecule has 6 nitrogen and oxygen atoms in total. The lowest BCUT2D eigenvalue weighted by atomic mass is 10.2. The molecule has 1 aromatic carbocycles. The number of rotatable bonds is 5. The van der Waals surface area contributed by atoms with Gasteiger partial charge in [0.15, 0.2) is 0 Å². The molecule has 0 aliphatic carbocycles. The number of aromatic carboxylic acids is 1. The highest BCUT2D eigenvalue weighted by Gasteiger charge is 2.27. The Hall–Kier alpha value is -2.12. The first-order valence-electron chi connectivity index (χ1n) is 6.16. The molecule has 0 saturated carbocycles. The second-order valence-corrected chi connectivity index (χ2v) is 6.60. The third kappa shape index (κ3) is 3.14. The van der Waals surface area contributed by atoms with Crippen LogP contribution in [-0.2, 0) is 16.6 Å². The van der Waals surface area contributed by atoms with Gasteiger partial charge in [0.1, 0.15) is 10.7 Å². The summed E-state index contributed by atoms with van der Waals surface area (Å²) >= 11 is 0. The monoisotopic (exact) mass is 309 g/mol. The fraction of sp³-hybridized carbons (Fsp3) is 0.214. The standard InChI is InChI=1S/C14H15NO5S/c1-10-13(8-12(20-10)14(16)17)21(18,19)15(2)9-11-6-4-3-5-7-11/h3-8H,9H2,1-2H3,(H,16,17). The van der Waals surface area contributed by atoms with E-state index in [4.69, 9.17) is 9.52 Å². The number of aryl methyl sites for hydroxylation is 1. The molecule has 0 radical (unpaired) electrons. The van der Waals surface area contributed by atoms with E-state index in [-0.39, 0.29) is 23.0 Å². The van der Waals surface area contributed by atoms with E-state index in [0.29, 0.717) is 0 Å². The molecule has 0 aliphatic rings. The summed E-state index contributed by atoms with van der Waals surface area (Å²) in [5, 5.41) is 8.86. The van der Waals surface area contributed by atoms with Gasteiger partial charge in [-0.1, -0.05) is 30.3 Å². The highest BCUT2D eigenvalue weighted by molar-refractivity contribution is 7.89. The molecule has 0 unspecified atom stereocenters. The number of benzene rings is 1. The molecule has 0 spiro atoms. The number of hydrogen-bond donors (Lipinski definition) is 1. The van der Waals surface area contributed by atoms with Crippen molar-refractivity contribution in [3.05, 3.63) is 53.5 Å². The summed E-state index contributed by atoms with van der Waals surface area (Å²) in [6, 6.07) is 10.2. The Kier molecular flexibility index (Phi) is 4.15. The van der Waals surface area contributed by atoms with Gasteiger partial charge >= 0.3 is 5.97 Å². The predicted octanol–water partition coefficient (Wildman–Crippen LogP) is 2.11. The number of sulfonamides is 1. The SMILES string of the molecule is Cc1oc(C(=O)O)cc1S(=O)(=O)N(C)Cc1ccccc1. The third-order valence-corrected chi connectivity index (χ3v) is 4.93. The van der Waals surface area contributed by atoms with Crippen molar-refractivity contribution in [2.24, 2.45) is 0 Å². The average molecular weight is 309 g/mol. The molecule has 112 valence electrons. The first kappa shape index (κ1) is 15.3. The minimum absolute atomic E-state index is 0.0623. The molecule has 21 heavy (non-hydrogen) atoms. The maximum Gasteiger partial charge on any atom is 0.371 e. The molecule has 1 aromatic heterocycles. The number of carbonyl (C=O) groups is 1. The van der Waals surface area contributed by atoms with Gasteiger partial charge in [0.05, 0.1) is 0 Å². The van der Waals surface area contributed by atoms with Gasteiger partial charge in [-0.3, -0.25) is 0 Å². The van der Waals surface area contributed by atoms with Crippen molar-refractivity contribution in [1.82, 2.24) is 4.31 Å². The lowest BCUT2D eigenvalue weighted by Crippen LogP contribution is -2.26. The summed E-state index contributed by atoms with van der Waals surface area (Å²) in [7, 11) is -2.36. The van der Waals surface area contributed by atoms with Crippen LogP contribution in [0.5, 0.6) is 0 Å². The lowest BCUT2D eigenvalue weighted by molar-refractivity contribution is 0.0661. The highest BCUT2D eigenvalue weighted by Crippen LogP contribution is 2.24. The Bertz CT molecular complexity index is 749. The molecule has 1 N–H and O–H groups in total. The Morgan fingerprint density at radius 2 is 1.90 bits per heavy atom. The molecule has 0 bridgehead atoms. The maximum absolute atomic E-state index is 12.5. The Morgan fingerprint density at radius 1 is 1.29 bits per heavy atom. The number of furan rings is 1. The van der Waals surface area contributed by atoms with Gasteiger partial charge in [-0.25, -0.2) is 13.2 Å². The van der Waals surface area contributed by atoms with Crippen molar-refractivity contribution in [2.45, 2.75) is 18.4 Å². The molecule has 1 heterocycles. The summed E-state index contributed by atoms with van der Waals surface area (Å²) in [5.74, 6) is -1.63. The second-order valence-electron chi connectivity index (χ2n) is 4.58. The van der Waals surface area contributed by atoms with Gasteiger partial charge in [-0.05, 0) is 12.5 Å². The zero-order valence-corrected chi connectivity index (χ0v) is 12.4. The van der Waals surface area contributed by atoms with E-state index >= 15 is 0 Å². The van der Waals surface area contributed by atoms with Crippen molar-refractivity contribution in [1.29, 1.82) is 0 Å². The van der Waals surface area contributed by atoms with Gasteiger partial charge in [-0.15, -0.1) is 0 Å². The van der Waals surface area contributed by atoms with Crippen LogP contribution < -0.4 is 0 Å². The van der Waals surface area contributed by atoms with E-state index < -0.39 is 16.0 Å². The van der Waals surface area contributed by atoms with Crippen LogP contribution in [0.4, 0.5) is 0 Å². The minimum Gasteiger partial charge on any atom is -0.475 e. The largest absolute Gasteiger partial charge is 0.475 e. The van der Waals surface area contributed by atoms with Crippen molar-refractivity contribution < 1.29 is 22.7 Å². The zero-order valence-electron chi connectivity index (χ0n) is 11.6. The van der Waals surface area contributed by atoms with E-state index in [0.717, 1.165) is 15.9 Å². The first-order valence-corrected chi connectivity index (χ1v) is 7.60. The van der Waals surface area contributed by atoms with E-state index in [2.05, 4.69) is 0 Å². The summed E-state index contributed by atoms with van der Waals surface area (Å²) in [6.45, 7) is 1.62. The maximum atomic E-state index is 12.5. The zero-order chi connectivity index (χ0) is 15.6. The fourth-order valence-corrected chi connectivity index (χ4v) is 3.24. The number of carboxylic acid groups (broad SMARTS) is 1. The summed E-state index contributed by atoms with van der Waals surface area (Å²) in [6.07, 6.45) is 0. The van der Waals surface area contributed by atoms with Gasteiger partial charge < -0.3 is 9.52 Å². The van der Waals surface area contributed by atoms with E-state index in [9.17, 15) is 13.2 Å². The highest BCUT2D eigenvalue weighted by atomic mass is 32.2. The van der Waals surface area contributed by atoms with Crippen LogP contribution in [0.2, 0.25) is 0 Å². The smallest absolute Gasteiger partial charge is 0.371 e. The molecule has 7 heteroatoms. The molecule has 0 fully saturated rings.